The summed E-state index contributed by atoms with van der Waals surface area (Å²) < 4.78 is 24.5. The summed E-state index contributed by atoms with van der Waals surface area (Å²) in [6.45, 7) is 1.99. The molecule has 0 aromatic carbocycles. The Hall–Kier alpha value is -0.820. The van der Waals surface area contributed by atoms with Crippen molar-refractivity contribution in [3.05, 3.63) is 0 Å². The number of carbonyl (C=O) groups is 1. The van der Waals surface area contributed by atoms with Gasteiger partial charge in [0, 0.05) is 6.54 Å². The molecule has 0 heterocycles. The molecule has 0 aromatic heterocycles. The average Bonchev–Trinajstić information content (AvgIpc) is 1.81. The van der Waals surface area contributed by atoms with E-state index in [-0.39, 0.29) is 6.54 Å². The number of rotatable bonds is 4. The number of nitrogens with one attached hydrogen (secondary N) is 2. The number of hydrogen-bond acceptors (Lipinski definition) is 3. The van der Waals surface area contributed by atoms with E-state index in [2.05, 4.69) is 0 Å². The van der Waals surface area contributed by atoms with Crippen molar-refractivity contribution < 1.29 is 18.3 Å². The molecular formula is C4H10N2O4S. The van der Waals surface area contributed by atoms with E-state index in [1.165, 1.54) is 4.72 Å². The molecule has 7 heteroatoms. The predicted molar refractivity (Wildman–Crippen MR) is 38.4 cm³/mol. The summed E-state index contributed by atoms with van der Waals surface area (Å²) in [7, 11) is -3.84. The molecule has 66 valence electrons. The monoisotopic (exact) mass is 182 g/mol. The fraction of sp³-hybridized carbons (Fsp3) is 0.750. The summed E-state index contributed by atoms with van der Waals surface area (Å²) in [6, 6.07) is 0. The molecule has 6 nitrogen and oxygen atoms in total. The van der Waals surface area contributed by atoms with Gasteiger partial charge in [-0.05, 0) is 6.42 Å². The van der Waals surface area contributed by atoms with Gasteiger partial charge in [0.05, 0.1) is 0 Å². The zero-order valence-corrected chi connectivity index (χ0v) is 6.81. The first kappa shape index (κ1) is 10.2. The minimum atomic E-state index is -3.84. The molecule has 11 heavy (non-hydrogen) atoms. The normalized spacial score (nSPS) is 11.0. The first-order valence-electron chi connectivity index (χ1n) is 2.98. The molecule has 0 saturated heterocycles. The molecule has 0 spiro atoms. The molecule has 0 bridgehead atoms. The fourth-order valence-electron chi connectivity index (χ4n) is 0.387. The summed E-state index contributed by atoms with van der Waals surface area (Å²) in [4.78, 5) is 9.85. The predicted octanol–water partition coefficient (Wildman–Crippen LogP) is -0.502. The van der Waals surface area contributed by atoms with Gasteiger partial charge in [0.1, 0.15) is 0 Å². The first-order chi connectivity index (χ1) is 4.98. The van der Waals surface area contributed by atoms with Crippen molar-refractivity contribution in [1.29, 1.82) is 0 Å². The first-order valence-corrected chi connectivity index (χ1v) is 4.46. The van der Waals surface area contributed by atoms with E-state index in [1.54, 1.807) is 6.92 Å². The Morgan fingerprint density at radius 2 is 2.09 bits per heavy atom. The highest BCUT2D eigenvalue weighted by Crippen LogP contribution is 1.78. The van der Waals surface area contributed by atoms with Gasteiger partial charge in [-0.1, -0.05) is 6.92 Å². The SMILES string of the molecule is CCCNS(=O)(=O)NC(=O)O. The third-order valence-electron chi connectivity index (χ3n) is 0.764. The molecule has 1 amide bonds. The molecule has 0 saturated carbocycles. The molecule has 0 unspecified atom stereocenters. The number of amides is 1. The van der Waals surface area contributed by atoms with Crippen molar-refractivity contribution in [3.63, 3.8) is 0 Å². The molecular weight excluding hydrogens is 172 g/mol. The van der Waals surface area contributed by atoms with Gasteiger partial charge in [-0.25, -0.2) is 9.52 Å². The largest absolute Gasteiger partial charge is 0.464 e. The molecule has 0 aliphatic carbocycles. The maximum absolute atomic E-state index is 10.6. The number of carboxylic acid groups (broad SMARTS) is 1. The van der Waals surface area contributed by atoms with E-state index in [0.717, 1.165) is 0 Å². The highest BCUT2D eigenvalue weighted by atomic mass is 32.2. The smallest absolute Gasteiger partial charge is 0.419 e. The fourth-order valence-corrected chi connectivity index (χ4v) is 1.16. The van der Waals surface area contributed by atoms with E-state index < -0.39 is 16.3 Å². The minimum Gasteiger partial charge on any atom is -0.464 e. The van der Waals surface area contributed by atoms with Crippen LogP contribution in [0.25, 0.3) is 0 Å². The van der Waals surface area contributed by atoms with E-state index in [1.807, 2.05) is 4.72 Å². The third kappa shape index (κ3) is 5.62. The summed E-state index contributed by atoms with van der Waals surface area (Å²) in [5.74, 6) is 0. The lowest BCUT2D eigenvalue weighted by Crippen LogP contribution is -2.39. The lowest BCUT2D eigenvalue weighted by Gasteiger charge is -2.02. The van der Waals surface area contributed by atoms with Crippen LogP contribution in [0, 0.1) is 0 Å². The topological polar surface area (TPSA) is 95.5 Å². The standard InChI is InChI=1S/C4H10N2O4S/c1-2-3-5-11(9,10)6-4(7)8/h5-6H,2-3H2,1H3,(H,7,8). The third-order valence-corrected chi connectivity index (χ3v) is 1.79. The van der Waals surface area contributed by atoms with Crippen LogP contribution in [0.15, 0.2) is 0 Å². The Morgan fingerprint density at radius 3 is 2.45 bits per heavy atom. The van der Waals surface area contributed by atoms with E-state index in [4.69, 9.17) is 5.11 Å². The van der Waals surface area contributed by atoms with Crippen LogP contribution in [0.2, 0.25) is 0 Å². The highest BCUT2D eigenvalue weighted by Gasteiger charge is 2.10. The molecule has 0 radical (unpaired) electrons. The maximum atomic E-state index is 10.6. The van der Waals surface area contributed by atoms with Crippen LogP contribution in [0.5, 0.6) is 0 Å². The van der Waals surface area contributed by atoms with Crippen molar-refractivity contribution in [3.8, 4) is 0 Å². The van der Waals surface area contributed by atoms with Crippen LogP contribution in [0.1, 0.15) is 13.3 Å². The van der Waals surface area contributed by atoms with Crippen LogP contribution >= 0.6 is 0 Å². The minimum absolute atomic E-state index is 0.225. The van der Waals surface area contributed by atoms with Gasteiger partial charge < -0.3 is 5.11 Å². The van der Waals surface area contributed by atoms with Crippen molar-refractivity contribution in [2.75, 3.05) is 6.54 Å². The summed E-state index contributed by atoms with van der Waals surface area (Å²) in [5, 5.41) is 8.02. The summed E-state index contributed by atoms with van der Waals surface area (Å²) in [5.41, 5.74) is 0. The molecule has 0 atom stereocenters. The van der Waals surface area contributed by atoms with Gasteiger partial charge in [0.2, 0.25) is 0 Å². The van der Waals surface area contributed by atoms with Gasteiger partial charge in [0.25, 0.3) is 0 Å². The van der Waals surface area contributed by atoms with E-state index in [9.17, 15) is 13.2 Å². The van der Waals surface area contributed by atoms with Crippen LogP contribution in [-0.2, 0) is 10.2 Å². The zero-order chi connectivity index (χ0) is 8.91. The zero-order valence-electron chi connectivity index (χ0n) is 5.99. The van der Waals surface area contributed by atoms with Gasteiger partial charge in [0.15, 0.2) is 0 Å². The second kappa shape index (κ2) is 4.14. The van der Waals surface area contributed by atoms with Gasteiger partial charge in [-0.3, -0.25) is 0 Å². The Balaban J connectivity index is 3.92. The van der Waals surface area contributed by atoms with Gasteiger partial charge in [-0.15, -0.1) is 0 Å². The Morgan fingerprint density at radius 1 is 1.55 bits per heavy atom. The number of hydrogen-bond donors (Lipinski definition) is 3. The van der Waals surface area contributed by atoms with Crippen LogP contribution < -0.4 is 9.44 Å². The van der Waals surface area contributed by atoms with E-state index >= 15 is 0 Å². The van der Waals surface area contributed by atoms with Crippen LogP contribution in [-0.4, -0.2) is 26.2 Å². The van der Waals surface area contributed by atoms with Crippen LogP contribution in [0.4, 0.5) is 4.79 Å². The van der Waals surface area contributed by atoms with Crippen molar-refractivity contribution in [1.82, 2.24) is 9.44 Å². The molecule has 0 aliphatic heterocycles. The Labute approximate surface area is 64.8 Å². The lowest BCUT2D eigenvalue weighted by atomic mass is 10.5. The molecule has 3 N–H and O–H groups in total. The highest BCUT2D eigenvalue weighted by molar-refractivity contribution is 7.88. The van der Waals surface area contributed by atoms with Gasteiger partial charge in [-0.2, -0.15) is 13.1 Å². The maximum Gasteiger partial charge on any atom is 0.419 e. The molecule has 0 fully saturated rings. The second-order valence-corrected chi connectivity index (χ2v) is 3.30. The van der Waals surface area contributed by atoms with E-state index in [0.29, 0.717) is 6.42 Å². The summed E-state index contributed by atoms with van der Waals surface area (Å²) >= 11 is 0. The molecule has 0 aliphatic rings. The van der Waals surface area contributed by atoms with Crippen LogP contribution in [0.3, 0.4) is 0 Å². The summed E-state index contributed by atoms with van der Waals surface area (Å²) in [6.07, 6.45) is -0.978. The quantitative estimate of drug-likeness (QED) is 0.546. The van der Waals surface area contributed by atoms with Crippen molar-refractivity contribution in [2.24, 2.45) is 0 Å². The lowest BCUT2D eigenvalue weighted by molar-refractivity contribution is 0.201. The van der Waals surface area contributed by atoms with Crippen molar-refractivity contribution >= 4 is 16.3 Å². The Kier molecular flexibility index (Phi) is 3.83. The van der Waals surface area contributed by atoms with Gasteiger partial charge >= 0.3 is 16.3 Å². The molecule has 0 aromatic rings. The Bertz CT molecular complexity index is 222. The second-order valence-electron chi connectivity index (χ2n) is 1.80. The molecule has 0 rings (SSSR count). The average molecular weight is 182 g/mol. The van der Waals surface area contributed by atoms with Crippen molar-refractivity contribution in [2.45, 2.75) is 13.3 Å².